The Balaban J connectivity index is 0.000000552. The molecule has 3 aromatic carbocycles. The van der Waals surface area contributed by atoms with Gasteiger partial charge in [0.05, 0.1) is 11.4 Å². The summed E-state index contributed by atoms with van der Waals surface area (Å²) in [6, 6.07) is 16.0. The van der Waals surface area contributed by atoms with Gasteiger partial charge in [-0.25, -0.2) is 4.79 Å². The summed E-state index contributed by atoms with van der Waals surface area (Å²) < 4.78 is 0. The number of carbonyl (C=O) groups excluding carboxylic acids is 1. The second-order valence-corrected chi connectivity index (χ2v) is 6.38. The smallest absolute Gasteiger partial charge is 0.309 e. The number of primary amides is 2. The lowest BCUT2D eigenvalue weighted by Gasteiger charge is -2.05. The molecule has 3 aromatic rings. The molecule has 4 N–H and O–H groups in total. The molecule has 134 valence electrons. The van der Waals surface area contributed by atoms with Crippen molar-refractivity contribution in [2.45, 2.75) is 27.7 Å². The third-order valence-corrected chi connectivity index (χ3v) is 3.91. The molecule has 2 amide bonds. The molecule has 0 heterocycles. The van der Waals surface area contributed by atoms with E-state index in [-0.39, 0.29) is 0 Å². The van der Waals surface area contributed by atoms with E-state index >= 15 is 0 Å². The van der Waals surface area contributed by atoms with Gasteiger partial charge in [0.1, 0.15) is 0 Å². The molecule has 5 nitrogen and oxygen atoms in total. The first-order chi connectivity index (χ1) is 12.3. The fourth-order valence-electron chi connectivity index (χ4n) is 2.81. The van der Waals surface area contributed by atoms with Crippen molar-refractivity contribution in [1.82, 2.24) is 0 Å². The molecule has 0 aliphatic heterocycles. The van der Waals surface area contributed by atoms with Gasteiger partial charge in [0.15, 0.2) is 0 Å². The first-order valence-electron chi connectivity index (χ1n) is 8.31. The lowest BCUT2D eigenvalue weighted by molar-refractivity contribution is 0.256. The fourth-order valence-corrected chi connectivity index (χ4v) is 2.81. The Morgan fingerprint density at radius 2 is 1.42 bits per heavy atom. The largest absolute Gasteiger partial charge is 0.352 e. The Morgan fingerprint density at radius 3 is 2.08 bits per heavy atom. The van der Waals surface area contributed by atoms with E-state index in [1.54, 1.807) is 0 Å². The number of hydrogen-bond donors (Lipinski definition) is 2. The zero-order valence-corrected chi connectivity index (χ0v) is 15.6. The number of rotatable bonds is 2. The van der Waals surface area contributed by atoms with Crippen LogP contribution in [0, 0.1) is 27.7 Å². The Kier molecular flexibility index (Phi) is 6.07. The number of azo groups is 1. The van der Waals surface area contributed by atoms with Gasteiger partial charge in [-0.3, -0.25) is 0 Å². The molecule has 3 rings (SSSR count). The Hall–Kier alpha value is -3.21. The number of fused-ring (bicyclic) bond motifs is 1. The average Bonchev–Trinajstić information content (AvgIpc) is 2.54. The summed E-state index contributed by atoms with van der Waals surface area (Å²) in [6.45, 7) is 8.41. The summed E-state index contributed by atoms with van der Waals surface area (Å²) in [4.78, 5) is 9.00. The van der Waals surface area contributed by atoms with Crippen LogP contribution in [0.3, 0.4) is 0 Å². The maximum atomic E-state index is 9.00. The van der Waals surface area contributed by atoms with E-state index in [1.807, 2.05) is 12.1 Å². The number of benzene rings is 3. The topological polar surface area (TPSA) is 93.8 Å². The van der Waals surface area contributed by atoms with Crippen molar-refractivity contribution >= 4 is 28.2 Å². The lowest BCUT2D eigenvalue weighted by atomic mass is 10.0. The maximum absolute atomic E-state index is 9.00. The summed E-state index contributed by atoms with van der Waals surface area (Å²) in [5.41, 5.74) is 15.3. The molecule has 26 heavy (non-hydrogen) atoms. The van der Waals surface area contributed by atoms with Crippen LogP contribution in [0.4, 0.5) is 16.2 Å². The first-order valence-corrected chi connectivity index (χ1v) is 8.31. The Bertz CT molecular complexity index is 973. The van der Waals surface area contributed by atoms with Crippen LogP contribution in [0.15, 0.2) is 58.8 Å². The second kappa shape index (κ2) is 8.25. The summed E-state index contributed by atoms with van der Waals surface area (Å²) in [7, 11) is 0. The van der Waals surface area contributed by atoms with E-state index in [2.05, 4.69) is 85.8 Å². The highest BCUT2D eigenvalue weighted by Crippen LogP contribution is 2.27. The molecule has 0 aliphatic carbocycles. The summed E-state index contributed by atoms with van der Waals surface area (Å²) in [6.07, 6.45) is 0. The molecule has 0 saturated carbocycles. The van der Waals surface area contributed by atoms with Crippen molar-refractivity contribution in [1.29, 1.82) is 0 Å². The number of hydrogen-bond acceptors (Lipinski definition) is 3. The van der Waals surface area contributed by atoms with Crippen molar-refractivity contribution in [3.63, 3.8) is 0 Å². The molecule has 0 radical (unpaired) electrons. The van der Waals surface area contributed by atoms with Crippen LogP contribution in [-0.4, -0.2) is 6.03 Å². The summed E-state index contributed by atoms with van der Waals surface area (Å²) in [5.74, 6) is 0. The van der Waals surface area contributed by atoms with Crippen LogP contribution in [0.1, 0.15) is 22.3 Å². The van der Waals surface area contributed by atoms with Gasteiger partial charge in [-0.1, -0.05) is 41.5 Å². The highest BCUT2D eigenvalue weighted by molar-refractivity contribution is 5.88. The average molecular weight is 348 g/mol. The normalized spacial score (nSPS) is 10.6. The number of nitrogens with two attached hydrogens (primary N) is 2. The molecule has 0 aromatic heterocycles. The monoisotopic (exact) mass is 348 g/mol. The third-order valence-electron chi connectivity index (χ3n) is 3.91. The molecule has 0 unspecified atom stereocenters. The number of nitrogens with zero attached hydrogens (tertiary/aromatic N) is 2. The first kappa shape index (κ1) is 19.1. The van der Waals surface area contributed by atoms with Crippen LogP contribution in [0.25, 0.3) is 10.8 Å². The fraction of sp³-hybridized carbons (Fsp3) is 0.190. The SMILES string of the molecule is Cc1ccc(N=Nc2ccc3cc(C)cc(C)c3c2)c(C)c1.NC(N)=O. The van der Waals surface area contributed by atoms with Crippen LogP contribution in [-0.2, 0) is 0 Å². The zero-order chi connectivity index (χ0) is 19.3. The van der Waals surface area contributed by atoms with E-state index in [4.69, 9.17) is 4.79 Å². The van der Waals surface area contributed by atoms with E-state index in [9.17, 15) is 0 Å². The quantitative estimate of drug-likeness (QED) is 0.587. The zero-order valence-electron chi connectivity index (χ0n) is 15.6. The van der Waals surface area contributed by atoms with Gasteiger partial charge in [-0.2, -0.15) is 10.2 Å². The molecule has 0 fully saturated rings. The van der Waals surface area contributed by atoms with Crippen LogP contribution >= 0.6 is 0 Å². The van der Waals surface area contributed by atoms with Crippen LogP contribution in [0.2, 0.25) is 0 Å². The van der Waals surface area contributed by atoms with Crippen molar-refractivity contribution in [3.05, 3.63) is 70.8 Å². The van der Waals surface area contributed by atoms with Crippen molar-refractivity contribution in [2.75, 3.05) is 0 Å². The third kappa shape index (κ3) is 5.14. The van der Waals surface area contributed by atoms with Gasteiger partial charge in [0, 0.05) is 0 Å². The van der Waals surface area contributed by atoms with Crippen molar-refractivity contribution in [3.8, 4) is 0 Å². The minimum Gasteiger partial charge on any atom is -0.352 e. The highest BCUT2D eigenvalue weighted by Gasteiger charge is 2.01. The van der Waals surface area contributed by atoms with E-state index in [0.717, 1.165) is 16.9 Å². The lowest BCUT2D eigenvalue weighted by Crippen LogP contribution is -2.18. The van der Waals surface area contributed by atoms with Crippen LogP contribution < -0.4 is 11.5 Å². The molecule has 0 spiro atoms. The van der Waals surface area contributed by atoms with Gasteiger partial charge >= 0.3 is 6.03 Å². The number of amides is 2. The van der Waals surface area contributed by atoms with E-state index < -0.39 is 6.03 Å². The van der Waals surface area contributed by atoms with Gasteiger partial charge in [0.25, 0.3) is 0 Å². The van der Waals surface area contributed by atoms with Crippen molar-refractivity contribution in [2.24, 2.45) is 21.7 Å². The standard InChI is InChI=1S/C20H20N2.CH4N2O/c1-13-5-8-20(16(4)9-13)22-21-18-7-6-17-11-14(2)10-15(3)19(17)12-18;2-1(3)4/h5-12H,1-4H3;(H4,2,3,4). The highest BCUT2D eigenvalue weighted by atomic mass is 16.2. The Labute approximate surface area is 153 Å². The van der Waals surface area contributed by atoms with Gasteiger partial charge in [0.2, 0.25) is 0 Å². The molecule has 0 atom stereocenters. The minimum atomic E-state index is -0.833. The van der Waals surface area contributed by atoms with Crippen LogP contribution in [0.5, 0.6) is 0 Å². The summed E-state index contributed by atoms with van der Waals surface area (Å²) in [5, 5.41) is 11.3. The molecule has 5 heteroatoms. The predicted molar refractivity (Wildman–Crippen MR) is 107 cm³/mol. The molecule has 0 bridgehead atoms. The summed E-state index contributed by atoms with van der Waals surface area (Å²) >= 11 is 0. The number of aryl methyl sites for hydroxylation is 4. The number of urea groups is 1. The molecule has 0 saturated heterocycles. The minimum absolute atomic E-state index is 0.833. The maximum Gasteiger partial charge on any atom is 0.309 e. The van der Waals surface area contributed by atoms with E-state index in [1.165, 1.54) is 27.5 Å². The van der Waals surface area contributed by atoms with Gasteiger partial charge in [-0.05, 0) is 67.8 Å². The van der Waals surface area contributed by atoms with Gasteiger partial charge in [-0.15, -0.1) is 0 Å². The molecular formula is C21H24N4O. The van der Waals surface area contributed by atoms with E-state index in [0.29, 0.717) is 0 Å². The van der Waals surface area contributed by atoms with Gasteiger partial charge < -0.3 is 11.5 Å². The molecular weight excluding hydrogens is 324 g/mol. The predicted octanol–water partition coefficient (Wildman–Crippen LogP) is 5.51. The van der Waals surface area contributed by atoms with Crippen molar-refractivity contribution < 1.29 is 4.79 Å². The molecule has 0 aliphatic rings. The second-order valence-electron chi connectivity index (χ2n) is 6.38. The Morgan fingerprint density at radius 1 is 0.769 bits per heavy atom. The number of carbonyl (C=O) groups is 1.